The minimum Gasteiger partial charge on any atom is -0.477 e. The lowest BCUT2D eigenvalue weighted by Crippen LogP contribution is -2.20. The number of carbonyl (C=O) groups is 1. The van der Waals surface area contributed by atoms with Gasteiger partial charge in [-0.2, -0.15) is 0 Å². The highest BCUT2D eigenvalue weighted by Crippen LogP contribution is 2.32. The predicted molar refractivity (Wildman–Crippen MR) is 72.7 cm³/mol. The molecule has 1 heterocycles. The van der Waals surface area contributed by atoms with Crippen LogP contribution in [0.1, 0.15) is 42.2 Å². The largest absolute Gasteiger partial charge is 0.477 e. The Morgan fingerprint density at radius 1 is 1.21 bits per heavy atom. The number of aromatic nitrogens is 1. The maximum absolute atomic E-state index is 12.0. The standard InChI is InChI=1S/C15H15NO3/c17-14-9-13(15(18)19)16(10-5-1-2-6-10)12-8-4-3-7-11(12)14/h3-4,7-10H,1-2,5-6H2,(H,18,19). The third kappa shape index (κ3) is 1.93. The maximum Gasteiger partial charge on any atom is 0.352 e. The summed E-state index contributed by atoms with van der Waals surface area (Å²) in [6.45, 7) is 0. The minimum atomic E-state index is -1.03. The quantitative estimate of drug-likeness (QED) is 0.899. The number of fused-ring (bicyclic) bond motifs is 1. The Morgan fingerprint density at radius 2 is 1.89 bits per heavy atom. The van der Waals surface area contributed by atoms with Gasteiger partial charge in [-0.15, -0.1) is 0 Å². The molecule has 98 valence electrons. The molecule has 2 aromatic rings. The van der Waals surface area contributed by atoms with E-state index < -0.39 is 5.97 Å². The number of nitrogens with zero attached hydrogens (tertiary/aromatic N) is 1. The molecule has 0 amide bonds. The van der Waals surface area contributed by atoms with E-state index >= 15 is 0 Å². The first kappa shape index (κ1) is 12.0. The smallest absolute Gasteiger partial charge is 0.352 e. The summed E-state index contributed by atoms with van der Waals surface area (Å²) < 4.78 is 1.84. The number of hydrogen-bond donors (Lipinski definition) is 1. The molecule has 0 saturated heterocycles. The summed E-state index contributed by atoms with van der Waals surface area (Å²) in [5.74, 6) is -1.03. The van der Waals surface area contributed by atoms with Crippen LogP contribution in [0.4, 0.5) is 0 Å². The maximum atomic E-state index is 12.0. The molecule has 1 aliphatic rings. The average Bonchev–Trinajstić information content (AvgIpc) is 2.92. The van der Waals surface area contributed by atoms with Gasteiger partial charge in [0.1, 0.15) is 5.69 Å². The Labute approximate surface area is 110 Å². The van der Waals surface area contributed by atoms with Crippen molar-refractivity contribution < 1.29 is 9.90 Å². The van der Waals surface area contributed by atoms with E-state index in [1.165, 1.54) is 6.07 Å². The fourth-order valence-corrected chi connectivity index (χ4v) is 3.01. The third-order valence-electron chi connectivity index (χ3n) is 3.87. The van der Waals surface area contributed by atoms with Gasteiger partial charge in [-0.1, -0.05) is 25.0 Å². The molecule has 0 bridgehead atoms. The topological polar surface area (TPSA) is 59.3 Å². The molecule has 1 aliphatic carbocycles. The molecule has 1 aromatic carbocycles. The van der Waals surface area contributed by atoms with Crippen molar-refractivity contribution in [1.29, 1.82) is 0 Å². The van der Waals surface area contributed by atoms with Crippen LogP contribution in [0.2, 0.25) is 0 Å². The van der Waals surface area contributed by atoms with E-state index in [9.17, 15) is 14.7 Å². The van der Waals surface area contributed by atoms with Crippen molar-refractivity contribution in [2.75, 3.05) is 0 Å². The van der Waals surface area contributed by atoms with Gasteiger partial charge in [-0.05, 0) is 25.0 Å². The number of aromatic carboxylic acids is 1. The highest BCUT2D eigenvalue weighted by Gasteiger charge is 2.23. The second kappa shape index (κ2) is 4.53. The van der Waals surface area contributed by atoms with Crippen molar-refractivity contribution in [2.45, 2.75) is 31.7 Å². The van der Waals surface area contributed by atoms with Crippen LogP contribution in [0.5, 0.6) is 0 Å². The van der Waals surface area contributed by atoms with Crippen molar-refractivity contribution in [3.05, 3.63) is 46.2 Å². The predicted octanol–water partition coefficient (Wildman–Crippen LogP) is 2.81. The van der Waals surface area contributed by atoms with E-state index in [1.54, 1.807) is 6.07 Å². The first-order chi connectivity index (χ1) is 9.18. The number of para-hydroxylation sites is 1. The molecule has 0 aliphatic heterocycles. The minimum absolute atomic E-state index is 0.107. The highest BCUT2D eigenvalue weighted by molar-refractivity contribution is 5.90. The SMILES string of the molecule is O=C(O)c1cc(=O)c2ccccc2n1C1CCCC1. The second-order valence-corrected chi connectivity index (χ2v) is 5.02. The Morgan fingerprint density at radius 3 is 2.58 bits per heavy atom. The third-order valence-corrected chi connectivity index (χ3v) is 3.87. The summed E-state index contributed by atoms with van der Waals surface area (Å²) >= 11 is 0. The van der Waals surface area contributed by atoms with Gasteiger partial charge < -0.3 is 9.67 Å². The average molecular weight is 257 g/mol. The molecular weight excluding hydrogens is 242 g/mol. The van der Waals surface area contributed by atoms with Gasteiger partial charge in [-0.3, -0.25) is 4.79 Å². The number of hydrogen-bond acceptors (Lipinski definition) is 2. The van der Waals surface area contributed by atoms with Crippen LogP contribution in [-0.2, 0) is 0 Å². The Bertz CT molecular complexity index is 696. The Hall–Kier alpha value is -2.10. The first-order valence-electron chi connectivity index (χ1n) is 6.56. The molecular formula is C15H15NO3. The lowest BCUT2D eigenvalue weighted by Gasteiger charge is -2.20. The molecule has 4 nitrogen and oxygen atoms in total. The molecule has 1 saturated carbocycles. The van der Waals surface area contributed by atoms with E-state index in [2.05, 4.69) is 0 Å². The van der Waals surface area contributed by atoms with Crippen molar-refractivity contribution in [2.24, 2.45) is 0 Å². The Balaban J connectivity index is 2.37. The summed E-state index contributed by atoms with van der Waals surface area (Å²) in [6, 6.07) is 8.69. The van der Waals surface area contributed by atoms with Gasteiger partial charge in [0, 0.05) is 17.5 Å². The number of carboxylic acids is 1. The van der Waals surface area contributed by atoms with Crippen molar-refractivity contribution in [1.82, 2.24) is 4.57 Å². The van der Waals surface area contributed by atoms with E-state index in [1.807, 2.05) is 22.8 Å². The second-order valence-electron chi connectivity index (χ2n) is 5.02. The van der Waals surface area contributed by atoms with E-state index in [0.717, 1.165) is 31.2 Å². The van der Waals surface area contributed by atoms with Gasteiger partial charge in [0.05, 0.1) is 5.52 Å². The molecule has 0 spiro atoms. The molecule has 0 radical (unpaired) electrons. The molecule has 1 fully saturated rings. The summed E-state index contributed by atoms with van der Waals surface area (Å²) in [5, 5.41) is 9.95. The number of benzene rings is 1. The molecule has 0 unspecified atom stereocenters. The number of carboxylic acid groups (broad SMARTS) is 1. The molecule has 1 aromatic heterocycles. The first-order valence-corrected chi connectivity index (χ1v) is 6.56. The fraction of sp³-hybridized carbons (Fsp3) is 0.333. The zero-order valence-electron chi connectivity index (χ0n) is 10.5. The molecule has 19 heavy (non-hydrogen) atoms. The number of rotatable bonds is 2. The van der Waals surface area contributed by atoms with Crippen molar-refractivity contribution >= 4 is 16.9 Å². The van der Waals surface area contributed by atoms with Crippen LogP contribution in [0.3, 0.4) is 0 Å². The van der Waals surface area contributed by atoms with Crippen LogP contribution in [0, 0.1) is 0 Å². The lowest BCUT2D eigenvalue weighted by atomic mass is 10.1. The zero-order valence-corrected chi connectivity index (χ0v) is 10.5. The van der Waals surface area contributed by atoms with E-state index in [4.69, 9.17) is 0 Å². The number of pyridine rings is 1. The van der Waals surface area contributed by atoms with Crippen LogP contribution in [0.15, 0.2) is 35.1 Å². The summed E-state index contributed by atoms with van der Waals surface area (Å²) in [7, 11) is 0. The monoisotopic (exact) mass is 257 g/mol. The normalized spacial score (nSPS) is 16.0. The van der Waals surface area contributed by atoms with Crippen molar-refractivity contribution in [3.63, 3.8) is 0 Å². The lowest BCUT2D eigenvalue weighted by molar-refractivity contribution is 0.0682. The van der Waals surface area contributed by atoms with Gasteiger partial charge >= 0.3 is 5.97 Å². The fourth-order valence-electron chi connectivity index (χ4n) is 3.01. The molecule has 4 heteroatoms. The zero-order chi connectivity index (χ0) is 13.4. The van der Waals surface area contributed by atoms with E-state index in [0.29, 0.717) is 5.39 Å². The summed E-state index contributed by atoms with van der Waals surface area (Å²) in [4.78, 5) is 23.4. The van der Waals surface area contributed by atoms with Crippen molar-refractivity contribution in [3.8, 4) is 0 Å². The molecule has 3 rings (SSSR count). The summed E-state index contributed by atoms with van der Waals surface area (Å²) in [6.07, 6.45) is 4.19. The van der Waals surface area contributed by atoms with Gasteiger partial charge in [0.25, 0.3) is 0 Å². The van der Waals surface area contributed by atoms with E-state index in [-0.39, 0.29) is 17.2 Å². The highest BCUT2D eigenvalue weighted by atomic mass is 16.4. The molecule has 0 atom stereocenters. The van der Waals surface area contributed by atoms with Gasteiger partial charge in [0.15, 0.2) is 5.43 Å². The van der Waals surface area contributed by atoms with Crippen LogP contribution in [0.25, 0.3) is 10.9 Å². The molecule has 1 N–H and O–H groups in total. The van der Waals surface area contributed by atoms with Gasteiger partial charge in [0.2, 0.25) is 0 Å². The van der Waals surface area contributed by atoms with Gasteiger partial charge in [-0.25, -0.2) is 4.79 Å². The Kier molecular flexibility index (Phi) is 2.85. The van der Waals surface area contributed by atoms with Crippen LogP contribution in [-0.4, -0.2) is 15.6 Å². The van der Waals surface area contributed by atoms with Crippen LogP contribution < -0.4 is 5.43 Å². The van der Waals surface area contributed by atoms with Crippen LogP contribution >= 0.6 is 0 Å². The summed E-state index contributed by atoms with van der Waals surface area (Å²) in [5.41, 5.74) is 0.622.